The second kappa shape index (κ2) is 6.94. The van der Waals surface area contributed by atoms with Crippen molar-refractivity contribution >= 4 is 23.2 Å². The van der Waals surface area contributed by atoms with Crippen molar-refractivity contribution < 1.29 is 14.5 Å². The van der Waals surface area contributed by atoms with Gasteiger partial charge in [0.2, 0.25) is 0 Å². The fourth-order valence-corrected chi connectivity index (χ4v) is 1.43. The average molecular weight is 287 g/mol. The number of nitro benzene ring substituents is 1. The number of halogens is 1. The van der Waals surface area contributed by atoms with Gasteiger partial charge in [0, 0.05) is 23.7 Å². The lowest BCUT2D eigenvalue weighted by Gasteiger charge is -2.09. The number of carbonyl (C=O) groups is 1. The summed E-state index contributed by atoms with van der Waals surface area (Å²) in [5, 5.41) is 13.7. The number of benzene rings is 1. The Labute approximate surface area is 115 Å². The van der Waals surface area contributed by atoms with Gasteiger partial charge in [-0.25, -0.2) is 0 Å². The molecule has 0 aliphatic carbocycles. The number of ether oxygens (including phenoxy) is 1. The SMILES string of the molecule is CC(C)CNC(=O)COc1cc(Cl)ccc1[N+](=O)[O-]. The van der Waals surface area contributed by atoms with Crippen LogP contribution in [0, 0.1) is 16.0 Å². The molecule has 0 aliphatic rings. The monoisotopic (exact) mass is 286 g/mol. The van der Waals surface area contributed by atoms with E-state index in [1.54, 1.807) is 0 Å². The van der Waals surface area contributed by atoms with E-state index in [1.807, 2.05) is 13.8 Å². The molecular weight excluding hydrogens is 272 g/mol. The van der Waals surface area contributed by atoms with E-state index in [1.165, 1.54) is 18.2 Å². The molecule has 1 rings (SSSR count). The molecule has 6 nitrogen and oxygen atoms in total. The first kappa shape index (κ1) is 15.2. The largest absolute Gasteiger partial charge is 0.477 e. The normalized spacial score (nSPS) is 10.3. The minimum Gasteiger partial charge on any atom is -0.477 e. The molecular formula is C12H15ClN2O4. The number of rotatable bonds is 6. The summed E-state index contributed by atoms with van der Waals surface area (Å²) in [5.74, 6) is -0.0235. The Morgan fingerprint density at radius 2 is 2.21 bits per heavy atom. The maximum atomic E-state index is 11.4. The zero-order chi connectivity index (χ0) is 14.4. The van der Waals surface area contributed by atoms with E-state index >= 15 is 0 Å². The molecule has 0 radical (unpaired) electrons. The summed E-state index contributed by atoms with van der Waals surface area (Å²) in [5.41, 5.74) is -0.221. The van der Waals surface area contributed by atoms with E-state index < -0.39 is 4.92 Å². The van der Waals surface area contributed by atoms with Crippen LogP contribution in [0.15, 0.2) is 18.2 Å². The van der Waals surface area contributed by atoms with Crippen molar-refractivity contribution in [1.82, 2.24) is 5.32 Å². The molecule has 0 unspecified atom stereocenters. The first-order valence-electron chi connectivity index (χ1n) is 5.73. The third-order valence-electron chi connectivity index (χ3n) is 2.18. The summed E-state index contributed by atoms with van der Waals surface area (Å²) in [7, 11) is 0. The van der Waals surface area contributed by atoms with Gasteiger partial charge in [-0.1, -0.05) is 25.4 Å². The van der Waals surface area contributed by atoms with E-state index in [-0.39, 0.29) is 24.0 Å². The molecule has 0 bridgehead atoms. The van der Waals surface area contributed by atoms with E-state index in [0.29, 0.717) is 17.5 Å². The first-order chi connectivity index (χ1) is 8.90. The van der Waals surface area contributed by atoms with Gasteiger partial charge >= 0.3 is 5.69 Å². The quantitative estimate of drug-likeness (QED) is 0.643. The first-order valence-corrected chi connectivity index (χ1v) is 6.11. The van der Waals surface area contributed by atoms with E-state index in [2.05, 4.69) is 5.32 Å². The fraction of sp³-hybridized carbons (Fsp3) is 0.417. The smallest absolute Gasteiger partial charge is 0.311 e. The standard InChI is InChI=1S/C12H15ClN2O4/c1-8(2)6-14-12(16)7-19-11-5-9(13)3-4-10(11)15(17)18/h3-5,8H,6-7H2,1-2H3,(H,14,16). The number of nitrogens with one attached hydrogen (secondary N) is 1. The van der Waals surface area contributed by atoms with Crippen LogP contribution in [0.1, 0.15) is 13.8 Å². The highest BCUT2D eigenvalue weighted by atomic mass is 35.5. The topological polar surface area (TPSA) is 81.5 Å². The summed E-state index contributed by atoms with van der Waals surface area (Å²) < 4.78 is 5.14. The van der Waals surface area contributed by atoms with Crippen LogP contribution >= 0.6 is 11.6 Å². The molecule has 104 valence electrons. The lowest BCUT2D eigenvalue weighted by atomic mass is 10.2. The molecule has 1 amide bonds. The van der Waals surface area contributed by atoms with Crippen molar-refractivity contribution in [2.75, 3.05) is 13.2 Å². The molecule has 1 aromatic carbocycles. The van der Waals surface area contributed by atoms with Crippen LogP contribution in [-0.4, -0.2) is 24.0 Å². The van der Waals surface area contributed by atoms with Crippen molar-refractivity contribution in [3.8, 4) is 5.75 Å². The number of hydrogen-bond donors (Lipinski definition) is 1. The molecule has 7 heteroatoms. The van der Waals surface area contributed by atoms with Crippen LogP contribution in [0.3, 0.4) is 0 Å². The maximum absolute atomic E-state index is 11.4. The van der Waals surface area contributed by atoms with Gasteiger partial charge in [0.15, 0.2) is 12.4 Å². The molecule has 0 atom stereocenters. The molecule has 0 fully saturated rings. The molecule has 1 N–H and O–H groups in total. The van der Waals surface area contributed by atoms with Crippen molar-refractivity contribution in [2.24, 2.45) is 5.92 Å². The van der Waals surface area contributed by atoms with Gasteiger partial charge in [0.05, 0.1) is 4.92 Å². The van der Waals surface area contributed by atoms with Crippen LogP contribution < -0.4 is 10.1 Å². The van der Waals surface area contributed by atoms with Gasteiger partial charge in [0.25, 0.3) is 5.91 Å². The van der Waals surface area contributed by atoms with Gasteiger partial charge < -0.3 is 10.1 Å². The third-order valence-corrected chi connectivity index (χ3v) is 2.42. The Morgan fingerprint density at radius 3 is 2.79 bits per heavy atom. The Morgan fingerprint density at radius 1 is 1.53 bits per heavy atom. The minimum atomic E-state index is -0.586. The second-order valence-corrected chi connectivity index (χ2v) is 4.79. The van der Waals surface area contributed by atoms with Crippen LogP contribution in [-0.2, 0) is 4.79 Å². The molecule has 0 saturated carbocycles. The summed E-state index contributed by atoms with van der Waals surface area (Å²) in [6.07, 6.45) is 0. The highest BCUT2D eigenvalue weighted by Gasteiger charge is 2.16. The highest BCUT2D eigenvalue weighted by Crippen LogP contribution is 2.29. The average Bonchev–Trinajstić information content (AvgIpc) is 2.33. The minimum absolute atomic E-state index is 0.0165. The summed E-state index contributed by atoms with van der Waals surface area (Å²) >= 11 is 5.74. The van der Waals surface area contributed by atoms with E-state index in [0.717, 1.165) is 0 Å². The lowest BCUT2D eigenvalue weighted by molar-refractivity contribution is -0.385. The summed E-state index contributed by atoms with van der Waals surface area (Å²) in [6.45, 7) is 4.17. The fourth-order valence-electron chi connectivity index (χ4n) is 1.27. The predicted octanol–water partition coefficient (Wildman–Crippen LogP) is 2.40. The zero-order valence-electron chi connectivity index (χ0n) is 10.7. The van der Waals surface area contributed by atoms with Gasteiger partial charge in [-0.2, -0.15) is 0 Å². The number of hydrogen-bond acceptors (Lipinski definition) is 4. The molecule has 1 aromatic rings. The van der Waals surface area contributed by atoms with E-state index in [4.69, 9.17) is 16.3 Å². The Hall–Kier alpha value is -1.82. The van der Waals surface area contributed by atoms with Crippen LogP contribution in [0.2, 0.25) is 5.02 Å². The molecule has 0 heterocycles. The Balaban J connectivity index is 2.64. The van der Waals surface area contributed by atoms with Gasteiger partial charge in [-0.15, -0.1) is 0 Å². The van der Waals surface area contributed by atoms with Crippen molar-refractivity contribution in [1.29, 1.82) is 0 Å². The summed E-state index contributed by atoms with van der Waals surface area (Å²) in [4.78, 5) is 21.6. The molecule has 0 saturated heterocycles. The van der Waals surface area contributed by atoms with Gasteiger partial charge in [0.1, 0.15) is 0 Å². The van der Waals surface area contributed by atoms with Crippen LogP contribution in [0.5, 0.6) is 5.75 Å². The van der Waals surface area contributed by atoms with Gasteiger partial charge in [-0.05, 0) is 12.0 Å². The van der Waals surface area contributed by atoms with Crippen molar-refractivity contribution in [2.45, 2.75) is 13.8 Å². The zero-order valence-corrected chi connectivity index (χ0v) is 11.4. The molecule has 0 aromatic heterocycles. The molecule has 19 heavy (non-hydrogen) atoms. The number of nitro groups is 1. The summed E-state index contributed by atoms with van der Waals surface area (Å²) in [6, 6.07) is 3.95. The molecule has 0 aliphatic heterocycles. The second-order valence-electron chi connectivity index (χ2n) is 4.36. The van der Waals surface area contributed by atoms with Crippen LogP contribution in [0.25, 0.3) is 0 Å². The predicted molar refractivity (Wildman–Crippen MR) is 71.4 cm³/mol. The van der Waals surface area contributed by atoms with Crippen molar-refractivity contribution in [3.63, 3.8) is 0 Å². The maximum Gasteiger partial charge on any atom is 0.311 e. The third kappa shape index (κ3) is 5.13. The number of amides is 1. The van der Waals surface area contributed by atoms with Crippen molar-refractivity contribution in [3.05, 3.63) is 33.3 Å². The van der Waals surface area contributed by atoms with Gasteiger partial charge in [-0.3, -0.25) is 14.9 Å². The van der Waals surface area contributed by atoms with Crippen LogP contribution in [0.4, 0.5) is 5.69 Å². The van der Waals surface area contributed by atoms with E-state index in [9.17, 15) is 14.9 Å². The Kier molecular flexibility index (Phi) is 5.57. The highest BCUT2D eigenvalue weighted by molar-refractivity contribution is 6.30. The number of carbonyl (C=O) groups excluding carboxylic acids is 1. The molecule has 0 spiro atoms. The Bertz CT molecular complexity index is 477. The lowest BCUT2D eigenvalue weighted by Crippen LogP contribution is -2.31. The number of nitrogens with zero attached hydrogens (tertiary/aromatic N) is 1.